The van der Waals surface area contributed by atoms with Gasteiger partial charge in [0.2, 0.25) is 0 Å². The Morgan fingerprint density at radius 1 is 0.929 bits per heavy atom. The van der Waals surface area contributed by atoms with E-state index in [4.69, 9.17) is 42.1 Å². The predicted molar refractivity (Wildman–Crippen MR) is 102 cm³/mol. The number of hydrogen-bond donors (Lipinski definition) is 2. The molecule has 6 nitrogen and oxygen atoms in total. The van der Waals surface area contributed by atoms with Gasteiger partial charge in [0.25, 0.3) is 0 Å². The van der Waals surface area contributed by atoms with E-state index in [-0.39, 0.29) is 6.61 Å². The summed E-state index contributed by atoms with van der Waals surface area (Å²) in [6, 6.07) is 14.2. The van der Waals surface area contributed by atoms with Crippen LogP contribution in [0.3, 0.4) is 0 Å². The standard InChI is InChI=1S/C20H20Cl2O6/c21-13-5-1-3-11(7-13)19-25-10-16-18(28-19)17(15(24)9-23)27-20(26-16)12-4-2-6-14(22)8-12/h1-8,15-20,23-24H,9-10H2/t15-,16+,17+,18+,19?,20?/m0/s1. The second-order valence-electron chi connectivity index (χ2n) is 6.73. The highest BCUT2D eigenvalue weighted by Gasteiger charge is 2.48. The molecule has 150 valence electrons. The highest BCUT2D eigenvalue weighted by molar-refractivity contribution is 6.30. The van der Waals surface area contributed by atoms with Crippen LogP contribution in [0.1, 0.15) is 23.7 Å². The summed E-state index contributed by atoms with van der Waals surface area (Å²) in [5, 5.41) is 21.0. The van der Waals surface area contributed by atoms with E-state index >= 15 is 0 Å². The van der Waals surface area contributed by atoms with Crippen molar-refractivity contribution in [1.82, 2.24) is 0 Å². The third kappa shape index (κ3) is 4.20. The van der Waals surface area contributed by atoms with E-state index in [9.17, 15) is 10.2 Å². The summed E-state index contributed by atoms with van der Waals surface area (Å²) in [5.74, 6) is 0. The van der Waals surface area contributed by atoms with E-state index in [1.807, 2.05) is 12.1 Å². The summed E-state index contributed by atoms with van der Waals surface area (Å²) >= 11 is 12.1. The minimum Gasteiger partial charge on any atom is -0.394 e. The number of rotatable bonds is 4. The van der Waals surface area contributed by atoms with E-state index in [1.54, 1.807) is 36.4 Å². The van der Waals surface area contributed by atoms with Crippen LogP contribution in [0.25, 0.3) is 0 Å². The molecule has 4 rings (SSSR count). The predicted octanol–water partition coefficient (Wildman–Crippen LogP) is 3.24. The Balaban J connectivity index is 1.57. The molecule has 2 N–H and O–H groups in total. The highest BCUT2D eigenvalue weighted by Crippen LogP contribution is 2.39. The monoisotopic (exact) mass is 426 g/mol. The third-order valence-corrected chi connectivity index (χ3v) is 5.24. The summed E-state index contributed by atoms with van der Waals surface area (Å²) < 4.78 is 23.8. The Hall–Kier alpha value is -1.22. The molecule has 2 aromatic rings. The van der Waals surface area contributed by atoms with Gasteiger partial charge in [0, 0.05) is 21.2 Å². The second kappa shape index (κ2) is 8.65. The van der Waals surface area contributed by atoms with Crippen LogP contribution in [0.4, 0.5) is 0 Å². The topological polar surface area (TPSA) is 77.4 Å². The number of halogens is 2. The number of benzene rings is 2. The van der Waals surface area contributed by atoms with Gasteiger partial charge in [-0.15, -0.1) is 0 Å². The highest BCUT2D eigenvalue weighted by atomic mass is 35.5. The average Bonchev–Trinajstić information content (AvgIpc) is 2.72. The molecule has 2 aliphatic heterocycles. The molecule has 8 heteroatoms. The lowest BCUT2D eigenvalue weighted by molar-refractivity contribution is -0.373. The van der Waals surface area contributed by atoms with E-state index < -0.39 is 43.6 Å². The van der Waals surface area contributed by atoms with Gasteiger partial charge >= 0.3 is 0 Å². The zero-order valence-electron chi connectivity index (χ0n) is 14.8. The fourth-order valence-electron chi connectivity index (χ4n) is 3.42. The quantitative estimate of drug-likeness (QED) is 0.781. The molecular formula is C20H20Cl2O6. The molecule has 2 aromatic carbocycles. The molecule has 6 atom stereocenters. The largest absolute Gasteiger partial charge is 0.394 e. The normalized spacial score (nSPS) is 31.2. The zero-order chi connectivity index (χ0) is 19.7. The number of fused-ring (bicyclic) bond motifs is 1. The maximum Gasteiger partial charge on any atom is 0.185 e. The van der Waals surface area contributed by atoms with Crippen LogP contribution in [0.15, 0.2) is 48.5 Å². The maximum absolute atomic E-state index is 10.3. The molecule has 0 aliphatic carbocycles. The number of aliphatic hydroxyl groups excluding tert-OH is 2. The molecule has 2 saturated heterocycles. The summed E-state index contributed by atoms with van der Waals surface area (Å²) in [5.41, 5.74) is 1.46. The molecule has 0 spiro atoms. The van der Waals surface area contributed by atoms with E-state index in [0.29, 0.717) is 15.6 Å². The van der Waals surface area contributed by atoms with Crippen molar-refractivity contribution in [2.75, 3.05) is 13.2 Å². The lowest BCUT2D eigenvalue weighted by Crippen LogP contribution is -2.58. The van der Waals surface area contributed by atoms with Gasteiger partial charge in [0.15, 0.2) is 12.6 Å². The Kier molecular flexibility index (Phi) is 6.20. The molecule has 2 unspecified atom stereocenters. The van der Waals surface area contributed by atoms with Crippen molar-refractivity contribution in [2.45, 2.75) is 37.0 Å². The van der Waals surface area contributed by atoms with Crippen LogP contribution < -0.4 is 0 Å². The van der Waals surface area contributed by atoms with Gasteiger partial charge in [0.05, 0.1) is 13.2 Å². The Morgan fingerprint density at radius 2 is 1.57 bits per heavy atom. The molecule has 28 heavy (non-hydrogen) atoms. The van der Waals surface area contributed by atoms with E-state index in [0.717, 1.165) is 5.56 Å². The summed E-state index contributed by atoms with van der Waals surface area (Å²) in [7, 11) is 0. The Labute approximate surface area is 172 Å². The van der Waals surface area contributed by atoms with Gasteiger partial charge in [-0.1, -0.05) is 47.5 Å². The van der Waals surface area contributed by atoms with Crippen molar-refractivity contribution in [2.24, 2.45) is 0 Å². The second-order valence-corrected chi connectivity index (χ2v) is 7.61. The molecule has 0 amide bonds. The van der Waals surface area contributed by atoms with Gasteiger partial charge in [-0.3, -0.25) is 0 Å². The SMILES string of the molecule is OC[C@H](O)[C@H]1OC(c2cccc(Cl)c2)O[C@@H]2COC(c3cccc(Cl)c3)O[C@@H]12. The Bertz CT molecular complexity index is 817. The van der Waals surface area contributed by atoms with Gasteiger partial charge in [-0.05, 0) is 24.3 Å². The lowest BCUT2D eigenvalue weighted by atomic mass is 9.99. The fraction of sp³-hybridized carbons (Fsp3) is 0.400. The number of ether oxygens (including phenoxy) is 4. The summed E-state index contributed by atoms with van der Waals surface area (Å²) in [4.78, 5) is 0. The lowest BCUT2D eigenvalue weighted by Gasteiger charge is -2.47. The van der Waals surface area contributed by atoms with Gasteiger partial charge < -0.3 is 29.2 Å². The summed E-state index contributed by atoms with van der Waals surface area (Å²) in [6.07, 6.45) is -4.51. The molecule has 0 bridgehead atoms. The minimum absolute atomic E-state index is 0.233. The van der Waals surface area contributed by atoms with Crippen LogP contribution in [0.2, 0.25) is 10.0 Å². The zero-order valence-corrected chi connectivity index (χ0v) is 16.3. The molecule has 2 aliphatic rings. The first kappa shape index (κ1) is 20.1. The first-order valence-electron chi connectivity index (χ1n) is 8.93. The van der Waals surface area contributed by atoms with E-state index in [1.165, 1.54) is 0 Å². The van der Waals surface area contributed by atoms with Crippen LogP contribution >= 0.6 is 23.2 Å². The Morgan fingerprint density at radius 3 is 2.18 bits per heavy atom. The van der Waals surface area contributed by atoms with E-state index in [2.05, 4.69) is 0 Å². The smallest absolute Gasteiger partial charge is 0.185 e. The molecule has 0 radical (unpaired) electrons. The number of aliphatic hydroxyl groups is 2. The maximum atomic E-state index is 10.3. The molecule has 0 aromatic heterocycles. The summed E-state index contributed by atoms with van der Waals surface area (Å²) in [6.45, 7) is -0.237. The van der Waals surface area contributed by atoms with Gasteiger partial charge in [0.1, 0.15) is 24.4 Å². The first-order chi connectivity index (χ1) is 13.5. The molecule has 0 saturated carbocycles. The van der Waals surface area contributed by atoms with Crippen molar-refractivity contribution >= 4 is 23.2 Å². The third-order valence-electron chi connectivity index (χ3n) is 4.77. The minimum atomic E-state index is -1.14. The van der Waals surface area contributed by atoms with Crippen molar-refractivity contribution in [1.29, 1.82) is 0 Å². The van der Waals surface area contributed by atoms with Crippen LogP contribution in [0, 0.1) is 0 Å². The molecular weight excluding hydrogens is 407 g/mol. The fourth-order valence-corrected chi connectivity index (χ4v) is 3.81. The van der Waals surface area contributed by atoms with Crippen LogP contribution in [-0.2, 0) is 18.9 Å². The molecule has 2 heterocycles. The van der Waals surface area contributed by atoms with Gasteiger partial charge in [-0.25, -0.2) is 0 Å². The number of hydrogen-bond acceptors (Lipinski definition) is 6. The molecule has 2 fully saturated rings. The average molecular weight is 427 g/mol. The van der Waals surface area contributed by atoms with Crippen molar-refractivity contribution in [3.63, 3.8) is 0 Å². The van der Waals surface area contributed by atoms with Crippen LogP contribution in [-0.4, -0.2) is 47.8 Å². The van der Waals surface area contributed by atoms with Gasteiger partial charge in [-0.2, -0.15) is 0 Å². The van der Waals surface area contributed by atoms with Crippen molar-refractivity contribution in [3.05, 3.63) is 69.7 Å². The van der Waals surface area contributed by atoms with Crippen LogP contribution in [0.5, 0.6) is 0 Å². The first-order valence-corrected chi connectivity index (χ1v) is 9.68. The van der Waals surface area contributed by atoms with Crippen molar-refractivity contribution < 1.29 is 29.2 Å². The van der Waals surface area contributed by atoms with Crippen molar-refractivity contribution in [3.8, 4) is 0 Å².